The van der Waals surface area contributed by atoms with Crippen molar-refractivity contribution in [3.05, 3.63) is 65.9 Å². The molecule has 31 heavy (non-hydrogen) atoms. The lowest BCUT2D eigenvalue weighted by atomic mass is 10.1. The summed E-state index contributed by atoms with van der Waals surface area (Å²) in [5.74, 6) is -0.337. The predicted octanol–water partition coefficient (Wildman–Crippen LogP) is 5.48. The molecule has 0 radical (unpaired) electrons. The van der Waals surface area contributed by atoms with Crippen molar-refractivity contribution >= 4 is 28.2 Å². The molecular weight excluding hydrogens is 393 g/mol. The Morgan fingerprint density at radius 3 is 2.65 bits per heavy atom. The van der Waals surface area contributed by atoms with E-state index >= 15 is 0 Å². The molecule has 1 N–H and O–H groups in total. The molecule has 0 unspecified atom stereocenters. The van der Waals surface area contributed by atoms with Crippen molar-refractivity contribution in [2.75, 3.05) is 31.6 Å². The minimum Gasteiger partial charge on any atom is -0.461 e. The average molecular weight is 422 g/mol. The third kappa shape index (κ3) is 5.39. The molecule has 5 nitrogen and oxygen atoms in total. The number of anilines is 2. The van der Waals surface area contributed by atoms with Gasteiger partial charge in [0.05, 0.1) is 16.8 Å². The molecule has 2 aromatic carbocycles. The highest BCUT2D eigenvalue weighted by Gasteiger charge is 2.15. The first kappa shape index (κ1) is 21.2. The van der Waals surface area contributed by atoms with Crippen LogP contribution in [0.5, 0.6) is 0 Å². The van der Waals surface area contributed by atoms with E-state index in [9.17, 15) is 9.18 Å². The molecule has 6 heteroatoms. The van der Waals surface area contributed by atoms with Crippen molar-refractivity contribution in [2.45, 2.75) is 32.4 Å². The zero-order valence-electron chi connectivity index (χ0n) is 17.6. The Bertz CT molecular complexity index is 1030. The average Bonchev–Trinajstić information content (AvgIpc) is 3.08. The van der Waals surface area contributed by atoms with Gasteiger partial charge in [-0.05, 0) is 55.8 Å². The number of likely N-dealkylation sites (tertiary alicyclic amines) is 1. The first-order valence-electron chi connectivity index (χ1n) is 10.9. The number of carbonyl (C=O) groups is 1. The van der Waals surface area contributed by atoms with Crippen LogP contribution in [0.3, 0.4) is 0 Å². The summed E-state index contributed by atoms with van der Waals surface area (Å²) in [5.41, 5.74) is 3.26. The second kappa shape index (κ2) is 10.4. The monoisotopic (exact) mass is 421 g/mol. The standard InChI is InChI=1S/C25H28FN3O2/c26-18-19-9-10-20-23(11-12-27-24(20)17-19)28-22-8-4-3-7-21(22)25(30)31-16-15-29-13-5-1-2-6-14-29/h3-4,7-12,17H,1-2,5-6,13-16,18H2,(H,27,28). The quantitative estimate of drug-likeness (QED) is 0.512. The number of halogens is 1. The number of nitrogens with zero attached hydrogens (tertiary/aromatic N) is 2. The first-order valence-corrected chi connectivity index (χ1v) is 10.9. The van der Waals surface area contributed by atoms with Crippen LogP contribution in [0.2, 0.25) is 0 Å². The molecule has 1 aliphatic rings. The predicted molar refractivity (Wildman–Crippen MR) is 121 cm³/mol. The first-order chi connectivity index (χ1) is 15.2. The van der Waals surface area contributed by atoms with Gasteiger partial charge in [-0.2, -0.15) is 0 Å². The number of ether oxygens (including phenoxy) is 1. The lowest BCUT2D eigenvalue weighted by molar-refractivity contribution is 0.0464. The number of hydrogen-bond donors (Lipinski definition) is 1. The van der Waals surface area contributed by atoms with Crippen LogP contribution in [0.15, 0.2) is 54.7 Å². The fraction of sp³-hybridized carbons (Fsp3) is 0.360. The molecule has 162 valence electrons. The summed E-state index contributed by atoms with van der Waals surface area (Å²) in [6.07, 6.45) is 6.68. The lowest BCUT2D eigenvalue weighted by Gasteiger charge is -2.19. The van der Waals surface area contributed by atoms with E-state index in [0.717, 1.165) is 30.7 Å². The van der Waals surface area contributed by atoms with E-state index in [0.29, 0.717) is 28.9 Å². The molecule has 1 saturated heterocycles. The van der Waals surface area contributed by atoms with E-state index in [1.54, 1.807) is 24.4 Å². The molecule has 2 heterocycles. The Kier molecular flexibility index (Phi) is 7.10. The van der Waals surface area contributed by atoms with Crippen LogP contribution in [0, 0.1) is 0 Å². The number of para-hydroxylation sites is 1. The van der Waals surface area contributed by atoms with E-state index in [2.05, 4.69) is 15.2 Å². The van der Waals surface area contributed by atoms with Crippen molar-refractivity contribution in [1.82, 2.24) is 9.88 Å². The van der Waals surface area contributed by atoms with Crippen LogP contribution in [-0.2, 0) is 11.4 Å². The van der Waals surface area contributed by atoms with Crippen molar-refractivity contribution in [3.63, 3.8) is 0 Å². The Balaban J connectivity index is 1.46. The third-order valence-electron chi connectivity index (χ3n) is 5.72. The van der Waals surface area contributed by atoms with Gasteiger partial charge in [0.1, 0.15) is 13.3 Å². The van der Waals surface area contributed by atoms with Crippen molar-refractivity contribution in [2.24, 2.45) is 0 Å². The summed E-state index contributed by atoms with van der Waals surface area (Å²) in [4.78, 5) is 19.5. The maximum atomic E-state index is 13.0. The minimum absolute atomic E-state index is 0.337. The van der Waals surface area contributed by atoms with Gasteiger partial charge in [-0.25, -0.2) is 9.18 Å². The molecule has 1 fully saturated rings. The molecular formula is C25H28FN3O2. The SMILES string of the molecule is O=C(OCCN1CCCCCC1)c1ccccc1Nc1ccnc2cc(CF)ccc12. The molecule has 0 bridgehead atoms. The van der Waals surface area contributed by atoms with E-state index < -0.39 is 6.67 Å². The largest absolute Gasteiger partial charge is 0.461 e. The zero-order valence-corrected chi connectivity index (χ0v) is 17.6. The van der Waals surface area contributed by atoms with Crippen molar-refractivity contribution < 1.29 is 13.9 Å². The number of esters is 1. The van der Waals surface area contributed by atoms with Gasteiger partial charge in [-0.3, -0.25) is 9.88 Å². The van der Waals surface area contributed by atoms with Gasteiger partial charge in [0.15, 0.2) is 0 Å². The van der Waals surface area contributed by atoms with Crippen LogP contribution < -0.4 is 5.32 Å². The van der Waals surface area contributed by atoms with Gasteiger partial charge in [-0.1, -0.05) is 37.1 Å². The van der Waals surface area contributed by atoms with Gasteiger partial charge in [0.2, 0.25) is 0 Å². The van der Waals surface area contributed by atoms with Crippen LogP contribution in [0.4, 0.5) is 15.8 Å². The second-order valence-electron chi connectivity index (χ2n) is 7.91. The zero-order chi connectivity index (χ0) is 21.5. The Labute approximate surface area is 182 Å². The number of benzene rings is 2. The van der Waals surface area contributed by atoms with E-state index in [1.165, 1.54) is 25.7 Å². The maximum Gasteiger partial charge on any atom is 0.340 e. The highest BCUT2D eigenvalue weighted by atomic mass is 19.1. The lowest BCUT2D eigenvalue weighted by Crippen LogP contribution is -2.29. The van der Waals surface area contributed by atoms with Gasteiger partial charge >= 0.3 is 5.97 Å². The fourth-order valence-electron chi connectivity index (χ4n) is 4.01. The second-order valence-corrected chi connectivity index (χ2v) is 7.91. The van der Waals surface area contributed by atoms with Crippen molar-refractivity contribution in [3.8, 4) is 0 Å². The molecule has 0 spiro atoms. The smallest absolute Gasteiger partial charge is 0.340 e. The van der Waals surface area contributed by atoms with Crippen LogP contribution in [-0.4, -0.2) is 42.1 Å². The van der Waals surface area contributed by atoms with Gasteiger partial charge < -0.3 is 10.1 Å². The summed E-state index contributed by atoms with van der Waals surface area (Å²) in [6, 6.07) is 14.5. The Morgan fingerprint density at radius 1 is 1.03 bits per heavy atom. The topological polar surface area (TPSA) is 54.5 Å². The summed E-state index contributed by atoms with van der Waals surface area (Å²) in [7, 11) is 0. The maximum absolute atomic E-state index is 13.0. The highest BCUT2D eigenvalue weighted by molar-refractivity contribution is 5.99. The summed E-state index contributed by atoms with van der Waals surface area (Å²) < 4.78 is 18.6. The van der Waals surface area contributed by atoms with Gasteiger partial charge in [0.25, 0.3) is 0 Å². The van der Waals surface area contributed by atoms with E-state index in [4.69, 9.17) is 4.74 Å². The number of nitrogens with one attached hydrogen (secondary N) is 1. The molecule has 0 aliphatic carbocycles. The number of alkyl halides is 1. The number of hydrogen-bond acceptors (Lipinski definition) is 5. The normalized spacial score (nSPS) is 14.9. The highest BCUT2D eigenvalue weighted by Crippen LogP contribution is 2.28. The molecule has 1 aliphatic heterocycles. The summed E-state index contributed by atoms with van der Waals surface area (Å²) in [5, 5.41) is 4.20. The van der Waals surface area contributed by atoms with Crippen LogP contribution in [0.25, 0.3) is 10.9 Å². The van der Waals surface area contributed by atoms with Gasteiger partial charge in [-0.15, -0.1) is 0 Å². The van der Waals surface area contributed by atoms with Crippen molar-refractivity contribution in [1.29, 1.82) is 0 Å². The number of rotatable bonds is 7. The Morgan fingerprint density at radius 2 is 1.84 bits per heavy atom. The van der Waals surface area contributed by atoms with E-state index in [1.807, 2.05) is 30.3 Å². The van der Waals surface area contributed by atoms with Crippen LogP contribution in [0.1, 0.15) is 41.6 Å². The molecule has 4 rings (SSSR count). The molecule has 0 atom stereocenters. The number of carbonyl (C=O) groups excluding carboxylic acids is 1. The number of fused-ring (bicyclic) bond motifs is 1. The molecule has 1 aromatic heterocycles. The summed E-state index contributed by atoms with van der Waals surface area (Å²) >= 11 is 0. The van der Waals surface area contributed by atoms with Crippen LogP contribution >= 0.6 is 0 Å². The third-order valence-corrected chi connectivity index (χ3v) is 5.72. The number of aromatic nitrogens is 1. The van der Waals surface area contributed by atoms with Gasteiger partial charge in [0, 0.05) is 23.8 Å². The Hall–Kier alpha value is -2.99. The fourth-order valence-corrected chi connectivity index (χ4v) is 4.01. The summed E-state index contributed by atoms with van der Waals surface area (Å²) in [6.45, 7) is 2.79. The molecule has 3 aromatic rings. The molecule has 0 amide bonds. The molecule has 0 saturated carbocycles. The van der Waals surface area contributed by atoms with E-state index in [-0.39, 0.29) is 5.97 Å². The minimum atomic E-state index is -0.526. The number of pyridine rings is 1.